The zero-order valence-corrected chi connectivity index (χ0v) is 13.4. The summed E-state index contributed by atoms with van der Waals surface area (Å²) in [5.74, 6) is 0.503. The van der Waals surface area contributed by atoms with Crippen LogP contribution in [0.25, 0.3) is 0 Å². The number of rotatable bonds is 6. The van der Waals surface area contributed by atoms with Gasteiger partial charge in [0.15, 0.2) is 0 Å². The van der Waals surface area contributed by atoms with Crippen LogP contribution in [0.5, 0.6) is 0 Å². The summed E-state index contributed by atoms with van der Waals surface area (Å²) >= 11 is 0. The number of nitrogens with zero attached hydrogens (tertiary/aromatic N) is 1. The topological polar surface area (TPSA) is 15.3 Å². The minimum Gasteiger partial charge on any atom is -0.317 e. The second kappa shape index (κ2) is 9.38. The van der Waals surface area contributed by atoms with E-state index in [2.05, 4.69) is 5.32 Å². The molecule has 2 rings (SSSR count). The van der Waals surface area contributed by atoms with Crippen LogP contribution in [0.1, 0.15) is 24.8 Å². The molecule has 1 saturated heterocycles. The van der Waals surface area contributed by atoms with Crippen LogP contribution in [0.3, 0.4) is 0 Å². The number of hydrogen-bond acceptors (Lipinski definition) is 2. The first-order valence-corrected chi connectivity index (χ1v) is 7.57. The van der Waals surface area contributed by atoms with Crippen molar-refractivity contribution in [2.24, 2.45) is 5.92 Å². The lowest BCUT2D eigenvalue weighted by Crippen LogP contribution is -2.37. The fraction of sp³-hybridized carbons (Fsp3) is 0.625. The monoisotopic (exact) mass is 336 g/mol. The predicted molar refractivity (Wildman–Crippen MR) is 85.2 cm³/mol. The van der Waals surface area contributed by atoms with E-state index in [4.69, 9.17) is 0 Å². The molecule has 1 heterocycles. The van der Waals surface area contributed by atoms with Crippen LogP contribution >= 0.6 is 12.4 Å². The largest absolute Gasteiger partial charge is 0.390 e. The molecule has 0 aromatic heterocycles. The van der Waals surface area contributed by atoms with E-state index in [0.29, 0.717) is 12.5 Å². The summed E-state index contributed by atoms with van der Waals surface area (Å²) in [7, 11) is 0. The standard InChI is InChI=1S/C16H23F3N2.ClH/c17-16(18,19)8-11-21(12-14-4-2-1-3-5-14)13-15-6-9-20-10-7-15;/h1-5,15,20H,6-13H2;1H. The number of nitrogens with one attached hydrogen (secondary N) is 1. The number of hydrogen-bond donors (Lipinski definition) is 1. The summed E-state index contributed by atoms with van der Waals surface area (Å²) in [6.07, 6.45) is -2.71. The van der Waals surface area contributed by atoms with Crippen LogP contribution in [0.2, 0.25) is 0 Å². The third-order valence-corrected chi connectivity index (χ3v) is 3.94. The molecule has 126 valence electrons. The Labute approximate surface area is 136 Å². The van der Waals surface area contributed by atoms with Gasteiger partial charge in [0, 0.05) is 19.6 Å². The van der Waals surface area contributed by atoms with Crippen molar-refractivity contribution < 1.29 is 13.2 Å². The van der Waals surface area contributed by atoms with Crippen LogP contribution in [-0.4, -0.2) is 37.3 Å². The first-order valence-electron chi connectivity index (χ1n) is 7.57. The van der Waals surface area contributed by atoms with Crippen molar-refractivity contribution in [3.63, 3.8) is 0 Å². The zero-order valence-electron chi connectivity index (χ0n) is 12.6. The van der Waals surface area contributed by atoms with Gasteiger partial charge in [0.05, 0.1) is 6.42 Å². The minimum absolute atomic E-state index is 0. The Balaban J connectivity index is 0.00000242. The maximum absolute atomic E-state index is 12.5. The molecule has 1 N–H and O–H groups in total. The lowest BCUT2D eigenvalue weighted by molar-refractivity contribution is -0.138. The molecule has 0 aliphatic carbocycles. The normalized spacial score (nSPS) is 16.5. The van der Waals surface area contributed by atoms with Crippen molar-refractivity contribution in [2.75, 3.05) is 26.2 Å². The van der Waals surface area contributed by atoms with Crippen LogP contribution in [0.4, 0.5) is 13.2 Å². The molecule has 0 bridgehead atoms. The van der Waals surface area contributed by atoms with Crippen LogP contribution < -0.4 is 5.32 Å². The van der Waals surface area contributed by atoms with Gasteiger partial charge in [0.2, 0.25) is 0 Å². The van der Waals surface area contributed by atoms with Gasteiger partial charge in [-0.2, -0.15) is 13.2 Å². The predicted octanol–water partition coefficient (Wildman–Crippen LogP) is 3.86. The first-order chi connectivity index (χ1) is 10.0. The SMILES string of the molecule is Cl.FC(F)(F)CCN(Cc1ccccc1)CC1CCNCC1. The summed E-state index contributed by atoms with van der Waals surface area (Å²) in [6, 6.07) is 9.74. The highest BCUT2D eigenvalue weighted by Crippen LogP contribution is 2.22. The summed E-state index contributed by atoms with van der Waals surface area (Å²) in [5.41, 5.74) is 1.08. The quantitative estimate of drug-likeness (QED) is 0.848. The van der Waals surface area contributed by atoms with Crippen molar-refractivity contribution >= 4 is 12.4 Å². The summed E-state index contributed by atoms with van der Waals surface area (Å²) in [5, 5.41) is 3.30. The van der Waals surface area contributed by atoms with Crippen molar-refractivity contribution in [3.05, 3.63) is 35.9 Å². The van der Waals surface area contributed by atoms with Crippen molar-refractivity contribution in [2.45, 2.75) is 32.0 Å². The number of piperidine rings is 1. The van der Waals surface area contributed by atoms with Gasteiger partial charge in [0.1, 0.15) is 0 Å². The second-order valence-electron chi connectivity index (χ2n) is 5.78. The summed E-state index contributed by atoms with van der Waals surface area (Å²) in [4.78, 5) is 1.96. The second-order valence-corrected chi connectivity index (χ2v) is 5.78. The Bertz CT molecular complexity index is 406. The van der Waals surface area contributed by atoms with Gasteiger partial charge in [0.25, 0.3) is 0 Å². The highest BCUT2D eigenvalue weighted by atomic mass is 35.5. The Morgan fingerprint density at radius 1 is 1.09 bits per heavy atom. The van der Waals surface area contributed by atoms with Crippen molar-refractivity contribution in [1.82, 2.24) is 10.2 Å². The van der Waals surface area contributed by atoms with E-state index in [1.165, 1.54) is 0 Å². The van der Waals surface area contributed by atoms with Crippen LogP contribution in [-0.2, 0) is 6.54 Å². The number of benzene rings is 1. The molecule has 1 aromatic carbocycles. The fourth-order valence-electron chi connectivity index (χ4n) is 2.79. The first kappa shape index (κ1) is 19.3. The van der Waals surface area contributed by atoms with E-state index in [1.54, 1.807) is 0 Å². The molecule has 0 unspecified atom stereocenters. The molecule has 0 spiro atoms. The average Bonchev–Trinajstić information content (AvgIpc) is 2.46. The van der Waals surface area contributed by atoms with Crippen molar-refractivity contribution in [3.8, 4) is 0 Å². The molecule has 0 amide bonds. The molecule has 0 radical (unpaired) electrons. The Morgan fingerprint density at radius 2 is 1.73 bits per heavy atom. The van der Waals surface area contributed by atoms with E-state index in [9.17, 15) is 13.2 Å². The molecule has 22 heavy (non-hydrogen) atoms. The average molecular weight is 337 g/mol. The maximum Gasteiger partial charge on any atom is 0.390 e. The van der Waals surface area contributed by atoms with E-state index in [1.807, 2.05) is 35.2 Å². The third kappa shape index (κ3) is 7.47. The van der Waals surface area contributed by atoms with E-state index in [0.717, 1.165) is 38.0 Å². The molecular formula is C16H24ClF3N2. The van der Waals surface area contributed by atoms with Crippen LogP contribution in [0, 0.1) is 5.92 Å². The Kier molecular flexibility index (Phi) is 8.21. The van der Waals surface area contributed by atoms with Gasteiger partial charge < -0.3 is 5.32 Å². The number of halogens is 4. The maximum atomic E-state index is 12.5. The Hall–Kier alpha value is -0.780. The smallest absolute Gasteiger partial charge is 0.317 e. The molecule has 1 aliphatic rings. The van der Waals surface area contributed by atoms with Gasteiger partial charge >= 0.3 is 6.18 Å². The molecule has 1 aliphatic heterocycles. The van der Waals surface area contributed by atoms with E-state index < -0.39 is 12.6 Å². The molecule has 1 aromatic rings. The lowest BCUT2D eigenvalue weighted by Gasteiger charge is -2.30. The van der Waals surface area contributed by atoms with Gasteiger partial charge in [-0.15, -0.1) is 12.4 Å². The zero-order chi connectivity index (χ0) is 15.1. The van der Waals surface area contributed by atoms with Crippen molar-refractivity contribution in [1.29, 1.82) is 0 Å². The third-order valence-electron chi connectivity index (χ3n) is 3.94. The molecule has 1 fully saturated rings. The number of alkyl halides is 3. The molecular weight excluding hydrogens is 313 g/mol. The summed E-state index contributed by atoms with van der Waals surface area (Å²) in [6.45, 7) is 3.39. The van der Waals surface area contributed by atoms with Gasteiger partial charge in [-0.05, 0) is 37.4 Å². The minimum atomic E-state index is -4.08. The van der Waals surface area contributed by atoms with Crippen LogP contribution in [0.15, 0.2) is 30.3 Å². The van der Waals surface area contributed by atoms with E-state index >= 15 is 0 Å². The molecule has 0 saturated carbocycles. The Morgan fingerprint density at radius 3 is 2.32 bits per heavy atom. The molecule has 6 heteroatoms. The fourth-order valence-corrected chi connectivity index (χ4v) is 2.79. The van der Waals surface area contributed by atoms with Gasteiger partial charge in [-0.3, -0.25) is 4.90 Å². The highest BCUT2D eigenvalue weighted by Gasteiger charge is 2.28. The summed E-state index contributed by atoms with van der Waals surface area (Å²) < 4.78 is 37.5. The van der Waals surface area contributed by atoms with Gasteiger partial charge in [-0.25, -0.2) is 0 Å². The molecule has 0 atom stereocenters. The highest BCUT2D eigenvalue weighted by molar-refractivity contribution is 5.85. The van der Waals surface area contributed by atoms with Gasteiger partial charge in [-0.1, -0.05) is 30.3 Å². The lowest BCUT2D eigenvalue weighted by atomic mass is 9.97. The molecule has 2 nitrogen and oxygen atoms in total. The van der Waals surface area contributed by atoms with E-state index in [-0.39, 0.29) is 19.0 Å².